The normalized spacial score (nSPS) is 10.3. The van der Waals surface area contributed by atoms with Gasteiger partial charge in [0.25, 0.3) is 5.91 Å². The lowest BCUT2D eigenvalue weighted by Crippen LogP contribution is -2.25. The molecule has 0 fully saturated rings. The highest BCUT2D eigenvalue weighted by Gasteiger charge is 2.09. The Labute approximate surface area is 125 Å². The van der Waals surface area contributed by atoms with Crippen LogP contribution in [0.1, 0.15) is 27.3 Å². The largest absolute Gasteiger partial charge is 0.363 e. The van der Waals surface area contributed by atoms with E-state index in [0.717, 1.165) is 16.9 Å². The van der Waals surface area contributed by atoms with E-state index in [4.69, 9.17) is 0 Å². The predicted molar refractivity (Wildman–Crippen MR) is 83.4 cm³/mol. The van der Waals surface area contributed by atoms with Crippen molar-refractivity contribution in [1.29, 1.82) is 0 Å². The quantitative estimate of drug-likeness (QED) is 0.934. The first-order valence-corrected chi connectivity index (χ1v) is 6.82. The van der Waals surface area contributed by atoms with Gasteiger partial charge in [-0.3, -0.25) is 4.79 Å². The zero-order valence-electron chi connectivity index (χ0n) is 12.8. The van der Waals surface area contributed by atoms with Crippen molar-refractivity contribution in [2.24, 2.45) is 0 Å². The number of amides is 1. The molecule has 0 spiro atoms. The Bertz CT molecular complexity index is 652. The van der Waals surface area contributed by atoms with Gasteiger partial charge >= 0.3 is 0 Å². The number of nitrogens with zero attached hydrogens (tertiary/aromatic N) is 3. The molecule has 1 N–H and O–H groups in total. The van der Waals surface area contributed by atoms with Gasteiger partial charge in [0.2, 0.25) is 0 Å². The van der Waals surface area contributed by atoms with E-state index >= 15 is 0 Å². The van der Waals surface area contributed by atoms with E-state index in [0.29, 0.717) is 17.9 Å². The van der Waals surface area contributed by atoms with Crippen LogP contribution < -0.4 is 10.2 Å². The van der Waals surface area contributed by atoms with Crippen LogP contribution in [-0.2, 0) is 6.54 Å². The lowest BCUT2D eigenvalue weighted by atomic mass is 10.1. The van der Waals surface area contributed by atoms with E-state index in [1.165, 1.54) is 0 Å². The maximum absolute atomic E-state index is 12.2. The number of hydrogen-bond donors (Lipinski definition) is 1. The number of rotatable bonds is 4. The summed E-state index contributed by atoms with van der Waals surface area (Å²) in [7, 11) is 3.83. The van der Waals surface area contributed by atoms with Gasteiger partial charge in [-0.1, -0.05) is 17.7 Å². The third kappa shape index (κ3) is 3.78. The Morgan fingerprint density at radius 1 is 1.24 bits per heavy atom. The van der Waals surface area contributed by atoms with E-state index < -0.39 is 0 Å². The molecule has 0 radical (unpaired) electrons. The van der Waals surface area contributed by atoms with Gasteiger partial charge in [-0.15, -0.1) is 0 Å². The molecule has 2 rings (SSSR count). The van der Waals surface area contributed by atoms with Crippen molar-refractivity contribution in [2.75, 3.05) is 19.0 Å². The molecule has 110 valence electrons. The first-order valence-electron chi connectivity index (χ1n) is 6.82. The van der Waals surface area contributed by atoms with Crippen molar-refractivity contribution in [3.63, 3.8) is 0 Å². The number of nitrogens with one attached hydrogen (secondary N) is 1. The molecule has 0 aliphatic heterocycles. The summed E-state index contributed by atoms with van der Waals surface area (Å²) in [5, 5.41) is 2.86. The monoisotopic (exact) mass is 284 g/mol. The zero-order chi connectivity index (χ0) is 15.4. The third-order valence-corrected chi connectivity index (χ3v) is 3.18. The van der Waals surface area contributed by atoms with Crippen molar-refractivity contribution < 1.29 is 4.79 Å². The van der Waals surface area contributed by atoms with Crippen molar-refractivity contribution in [1.82, 2.24) is 15.3 Å². The van der Waals surface area contributed by atoms with Crippen molar-refractivity contribution in [3.8, 4) is 0 Å². The molecular weight excluding hydrogens is 264 g/mol. The fraction of sp³-hybridized carbons (Fsp3) is 0.312. The number of aryl methyl sites for hydroxylation is 2. The topological polar surface area (TPSA) is 58.1 Å². The fourth-order valence-corrected chi connectivity index (χ4v) is 2.05. The molecule has 0 unspecified atom stereocenters. The smallest absolute Gasteiger partial charge is 0.251 e. The maximum atomic E-state index is 12.2. The predicted octanol–water partition coefficient (Wildman–Crippen LogP) is 2.09. The Morgan fingerprint density at radius 2 is 2.00 bits per heavy atom. The second kappa shape index (κ2) is 6.35. The molecule has 0 saturated carbocycles. The molecule has 1 aromatic carbocycles. The van der Waals surface area contributed by atoms with Crippen LogP contribution >= 0.6 is 0 Å². The minimum absolute atomic E-state index is 0.105. The van der Waals surface area contributed by atoms with Crippen LogP contribution in [0.4, 0.5) is 5.82 Å². The SMILES string of the molecule is Cc1ccc(C(=O)NCc2nccc(N(C)C)n2)c(C)c1. The standard InChI is InChI=1S/C16H20N4O/c1-11-5-6-13(12(2)9-11)16(21)18-10-14-17-8-7-15(19-14)20(3)4/h5-9H,10H2,1-4H3,(H,18,21). The fourth-order valence-electron chi connectivity index (χ4n) is 2.05. The highest BCUT2D eigenvalue weighted by Crippen LogP contribution is 2.11. The second-order valence-corrected chi connectivity index (χ2v) is 5.23. The molecule has 5 nitrogen and oxygen atoms in total. The van der Waals surface area contributed by atoms with E-state index in [2.05, 4.69) is 15.3 Å². The lowest BCUT2D eigenvalue weighted by Gasteiger charge is -2.12. The first-order chi connectivity index (χ1) is 9.97. The van der Waals surface area contributed by atoms with Gasteiger partial charge < -0.3 is 10.2 Å². The van der Waals surface area contributed by atoms with Crippen LogP contribution in [0.2, 0.25) is 0 Å². The van der Waals surface area contributed by atoms with Crippen LogP contribution in [0.15, 0.2) is 30.5 Å². The van der Waals surface area contributed by atoms with E-state index in [1.54, 1.807) is 6.20 Å². The Balaban J connectivity index is 2.05. The molecule has 2 aromatic rings. The zero-order valence-corrected chi connectivity index (χ0v) is 12.8. The van der Waals surface area contributed by atoms with Crippen LogP contribution in [0.3, 0.4) is 0 Å². The second-order valence-electron chi connectivity index (χ2n) is 5.23. The molecule has 0 saturated heterocycles. The number of aromatic nitrogens is 2. The minimum Gasteiger partial charge on any atom is -0.363 e. The number of carbonyl (C=O) groups excluding carboxylic acids is 1. The third-order valence-electron chi connectivity index (χ3n) is 3.18. The summed E-state index contributed by atoms with van der Waals surface area (Å²) in [6.45, 7) is 4.26. The van der Waals surface area contributed by atoms with Crippen molar-refractivity contribution >= 4 is 11.7 Å². The Kier molecular flexibility index (Phi) is 4.52. The summed E-state index contributed by atoms with van der Waals surface area (Å²) in [5.41, 5.74) is 2.80. The number of anilines is 1. The summed E-state index contributed by atoms with van der Waals surface area (Å²) in [5.74, 6) is 1.31. The van der Waals surface area contributed by atoms with Crippen molar-refractivity contribution in [3.05, 3.63) is 53.0 Å². The lowest BCUT2D eigenvalue weighted by molar-refractivity contribution is 0.0949. The maximum Gasteiger partial charge on any atom is 0.251 e. The van der Waals surface area contributed by atoms with E-state index in [9.17, 15) is 4.79 Å². The summed E-state index contributed by atoms with van der Waals surface area (Å²) >= 11 is 0. The molecule has 0 aliphatic carbocycles. The average Bonchev–Trinajstić information content (AvgIpc) is 2.45. The molecule has 0 aliphatic rings. The van der Waals surface area contributed by atoms with E-state index in [1.807, 2.05) is 57.1 Å². The number of benzene rings is 1. The molecule has 21 heavy (non-hydrogen) atoms. The highest BCUT2D eigenvalue weighted by molar-refractivity contribution is 5.95. The molecule has 1 amide bonds. The molecule has 0 atom stereocenters. The van der Waals surface area contributed by atoms with Crippen LogP contribution in [0, 0.1) is 13.8 Å². The van der Waals surface area contributed by atoms with Gasteiger partial charge in [0, 0.05) is 25.9 Å². The van der Waals surface area contributed by atoms with E-state index in [-0.39, 0.29) is 5.91 Å². The summed E-state index contributed by atoms with van der Waals surface area (Å²) in [6, 6.07) is 7.61. The van der Waals surface area contributed by atoms with Gasteiger partial charge in [0.05, 0.1) is 6.54 Å². The minimum atomic E-state index is -0.105. The van der Waals surface area contributed by atoms with Crippen LogP contribution in [0.5, 0.6) is 0 Å². The molecule has 5 heteroatoms. The average molecular weight is 284 g/mol. The Morgan fingerprint density at radius 3 is 2.67 bits per heavy atom. The number of hydrogen-bond acceptors (Lipinski definition) is 4. The Hall–Kier alpha value is -2.43. The van der Waals surface area contributed by atoms with Gasteiger partial charge in [0.15, 0.2) is 0 Å². The summed E-state index contributed by atoms with van der Waals surface area (Å²) in [4.78, 5) is 22.6. The number of carbonyl (C=O) groups is 1. The summed E-state index contributed by atoms with van der Waals surface area (Å²) in [6.07, 6.45) is 1.70. The first kappa shape index (κ1) is 15.0. The van der Waals surface area contributed by atoms with Crippen LogP contribution in [-0.4, -0.2) is 30.0 Å². The van der Waals surface area contributed by atoms with Gasteiger partial charge in [-0.2, -0.15) is 0 Å². The molecule has 1 heterocycles. The van der Waals surface area contributed by atoms with Crippen LogP contribution in [0.25, 0.3) is 0 Å². The highest BCUT2D eigenvalue weighted by atomic mass is 16.1. The van der Waals surface area contributed by atoms with Crippen molar-refractivity contribution in [2.45, 2.75) is 20.4 Å². The summed E-state index contributed by atoms with van der Waals surface area (Å²) < 4.78 is 0. The van der Waals surface area contributed by atoms with Gasteiger partial charge in [-0.25, -0.2) is 9.97 Å². The molecular formula is C16H20N4O. The van der Waals surface area contributed by atoms with Gasteiger partial charge in [-0.05, 0) is 31.5 Å². The van der Waals surface area contributed by atoms with Gasteiger partial charge in [0.1, 0.15) is 11.6 Å². The molecule has 1 aromatic heterocycles. The molecule has 0 bridgehead atoms.